The lowest BCUT2D eigenvalue weighted by atomic mass is 9.98. The number of rotatable bonds is 12. The molecule has 0 spiro atoms. The number of ketones is 1. The molecule has 0 fully saturated rings. The maximum absolute atomic E-state index is 11.2. The molecule has 0 aliphatic carbocycles. The van der Waals surface area contributed by atoms with Crippen LogP contribution in [0.15, 0.2) is 109 Å². The minimum atomic E-state index is -0.105. The third-order valence-corrected chi connectivity index (χ3v) is 15.3. The number of carbonyl (C=O) groups excluding carboxylic acids is 1. The lowest BCUT2D eigenvalue weighted by Gasteiger charge is -2.33. The van der Waals surface area contributed by atoms with Gasteiger partial charge in [-0.25, -0.2) is 0 Å². The number of anilines is 2. The van der Waals surface area contributed by atoms with Crippen LogP contribution in [0.2, 0.25) is 0 Å². The average Bonchev–Trinajstić information content (AvgIpc) is 4.09. The zero-order chi connectivity index (χ0) is 61.8. The fourth-order valence-electron chi connectivity index (χ4n) is 11.6. The van der Waals surface area contributed by atoms with Crippen LogP contribution < -0.4 is 39.1 Å². The molecule has 2 N–H and O–H groups in total. The summed E-state index contributed by atoms with van der Waals surface area (Å²) < 4.78 is 33.5. The number of aryl methyl sites for hydroxylation is 2. The van der Waals surface area contributed by atoms with Crippen molar-refractivity contribution in [3.05, 3.63) is 165 Å². The zero-order valence-electron chi connectivity index (χ0n) is 55.1. The number of benzene rings is 6. The normalized spacial score (nSPS) is 15.3. The molecule has 466 valence electrons. The highest BCUT2D eigenvalue weighted by atomic mass is 16.5. The van der Waals surface area contributed by atoms with E-state index in [1.807, 2.05) is 6.07 Å². The molecule has 12 rings (SSSR count). The number of fused-ring (bicyclic) bond motifs is 6. The highest BCUT2D eigenvalue weighted by Crippen LogP contribution is 2.35. The van der Waals surface area contributed by atoms with Crippen molar-refractivity contribution in [2.75, 3.05) is 56.8 Å². The molecule has 0 saturated heterocycles. The van der Waals surface area contributed by atoms with Crippen molar-refractivity contribution in [2.45, 2.75) is 180 Å². The molecule has 0 aromatic heterocycles. The first-order chi connectivity index (χ1) is 41.1. The van der Waals surface area contributed by atoms with E-state index in [2.05, 4.69) is 211 Å². The van der Waals surface area contributed by atoms with Crippen molar-refractivity contribution in [1.82, 2.24) is 0 Å². The molecule has 86 heavy (non-hydrogen) atoms. The van der Waals surface area contributed by atoms with Gasteiger partial charge in [0.2, 0.25) is 0 Å². The largest absolute Gasteiger partial charge is 0.493 e. The SMILES string of the molecule is CC(C)Cc1ccc2c(c1)CCCO2.CC(C)Cc1ccc2c(c1)CCO2.CC(C)Cc1ccc2c(c1)NCC(C)(C)O2.CC(C)Cc1ccc2c(c1)NCCO2.CC(C)Cc1ccc2c(c1)OCC(=O)C2.CC(C)Cc1ccc2c(c1)OCCC2. The van der Waals surface area contributed by atoms with Gasteiger partial charge >= 0.3 is 0 Å². The first-order valence-corrected chi connectivity index (χ1v) is 32.7. The van der Waals surface area contributed by atoms with Gasteiger partial charge < -0.3 is 39.1 Å². The van der Waals surface area contributed by atoms with Gasteiger partial charge in [-0.3, -0.25) is 4.79 Å². The Hall–Kier alpha value is -6.61. The predicted molar refractivity (Wildman–Crippen MR) is 358 cm³/mol. The quantitative estimate of drug-likeness (QED) is 0.124. The fourth-order valence-corrected chi connectivity index (χ4v) is 11.6. The topological polar surface area (TPSA) is 96.5 Å². The lowest BCUT2D eigenvalue weighted by Crippen LogP contribution is -2.40. The third-order valence-electron chi connectivity index (χ3n) is 15.3. The molecule has 0 amide bonds. The molecule has 6 aromatic carbocycles. The van der Waals surface area contributed by atoms with Gasteiger partial charge in [-0.2, -0.15) is 0 Å². The van der Waals surface area contributed by atoms with Crippen LogP contribution in [0.3, 0.4) is 0 Å². The molecule has 0 unspecified atom stereocenters. The van der Waals surface area contributed by atoms with Gasteiger partial charge in [-0.05, 0) is 212 Å². The molecular weight excluding hydrogens is 1060 g/mol. The van der Waals surface area contributed by atoms with E-state index in [-0.39, 0.29) is 18.0 Å². The Kier molecular flexibility index (Phi) is 25.6. The summed E-state index contributed by atoms with van der Waals surface area (Å²) >= 11 is 0. The Balaban J connectivity index is 0.000000148. The summed E-state index contributed by atoms with van der Waals surface area (Å²) in [6.45, 7) is 36.5. The summed E-state index contributed by atoms with van der Waals surface area (Å²) in [7, 11) is 0. The highest BCUT2D eigenvalue weighted by Gasteiger charge is 2.26. The molecule has 0 radical (unpaired) electrons. The van der Waals surface area contributed by atoms with Crippen LogP contribution in [0.5, 0.6) is 34.5 Å². The van der Waals surface area contributed by atoms with Crippen molar-refractivity contribution in [1.29, 1.82) is 0 Å². The van der Waals surface area contributed by atoms with Gasteiger partial charge in [0.05, 0.1) is 37.7 Å². The van der Waals surface area contributed by atoms with E-state index in [9.17, 15) is 4.79 Å². The summed E-state index contributed by atoms with van der Waals surface area (Å²) in [6, 6.07) is 39.0. The molecule has 0 saturated carbocycles. The van der Waals surface area contributed by atoms with Crippen LogP contribution in [-0.2, 0) is 69.0 Å². The molecule has 6 heterocycles. The molecule has 6 aliphatic rings. The number of nitrogens with one attached hydrogen (secondary N) is 2. The van der Waals surface area contributed by atoms with Gasteiger partial charge in [0.15, 0.2) is 5.78 Å². The van der Waals surface area contributed by atoms with Gasteiger partial charge in [0.25, 0.3) is 0 Å². The molecule has 6 aromatic rings. The summed E-state index contributed by atoms with van der Waals surface area (Å²) in [5.74, 6) is 10.6. The first kappa shape index (κ1) is 66.9. The Morgan fingerprint density at radius 3 is 1.31 bits per heavy atom. The van der Waals surface area contributed by atoms with Gasteiger partial charge in [0, 0.05) is 24.9 Å². The lowest BCUT2D eigenvalue weighted by molar-refractivity contribution is -0.121. The van der Waals surface area contributed by atoms with E-state index >= 15 is 0 Å². The van der Waals surface area contributed by atoms with E-state index in [0.29, 0.717) is 24.2 Å². The molecule has 9 nitrogen and oxygen atoms in total. The van der Waals surface area contributed by atoms with E-state index in [1.165, 1.54) is 75.8 Å². The van der Waals surface area contributed by atoms with Crippen LogP contribution >= 0.6 is 0 Å². The van der Waals surface area contributed by atoms with E-state index < -0.39 is 0 Å². The van der Waals surface area contributed by atoms with Crippen molar-refractivity contribution in [2.24, 2.45) is 35.5 Å². The minimum Gasteiger partial charge on any atom is -0.493 e. The molecule has 0 bridgehead atoms. The minimum absolute atomic E-state index is 0.105. The Labute approximate surface area is 519 Å². The van der Waals surface area contributed by atoms with Crippen molar-refractivity contribution in [3.8, 4) is 34.5 Å². The second-order valence-electron chi connectivity index (χ2n) is 27.5. The monoisotopic (exact) mass is 1170 g/mol. The van der Waals surface area contributed by atoms with Crippen molar-refractivity contribution < 1.29 is 33.2 Å². The standard InChI is InChI=1S/C14H21NO.C13H16O2.2C13H18O.C12H17NO.C12H16O/c1-10(2)7-11-5-6-13-12(8-11)15-9-14(3,4)16-13;1-9(2)5-10-3-4-11-7-12(14)8-15-13(11)6-10;1-10(2)8-11-5-6-13-12(9-11)4-3-7-14-13;1-10(2)8-11-5-6-12-4-3-7-14-13(12)9-11;1-9(2)7-10-3-4-12-11(8-10)13-5-6-14-12;1-9(2)7-10-3-4-12-11(8-10)5-6-13-12/h5-6,8,10,15H,7,9H2,1-4H3;3-4,6,9H,5,7-8H2,1-2H3;2*5-6,9-10H,3-4,7-8H2,1-2H3;3-4,8-9,13H,5-7H2,1-2H3;3-4,8-9H,5-7H2,1-2H3. The maximum Gasteiger partial charge on any atom is 0.174 e. The van der Waals surface area contributed by atoms with Gasteiger partial charge in [0.1, 0.15) is 53.3 Å². The van der Waals surface area contributed by atoms with Crippen molar-refractivity contribution >= 4 is 17.2 Å². The molecular formula is C77H106N2O7. The maximum atomic E-state index is 11.2. The molecule has 9 heteroatoms. The Bertz CT molecular complexity index is 2920. The fraction of sp³-hybridized carbons (Fsp3) is 0.519. The zero-order valence-corrected chi connectivity index (χ0v) is 55.1. The number of hydrogen-bond acceptors (Lipinski definition) is 9. The molecule has 0 atom stereocenters. The van der Waals surface area contributed by atoms with Crippen LogP contribution in [0, 0.1) is 35.5 Å². The Morgan fingerprint density at radius 1 is 0.384 bits per heavy atom. The highest BCUT2D eigenvalue weighted by molar-refractivity contribution is 5.84. The summed E-state index contributed by atoms with van der Waals surface area (Å²) in [4.78, 5) is 11.2. The second kappa shape index (κ2) is 32.9. The Morgan fingerprint density at radius 2 is 0.779 bits per heavy atom. The predicted octanol–water partition coefficient (Wildman–Crippen LogP) is 17.8. The average molecular weight is 1170 g/mol. The number of ether oxygens (including phenoxy) is 6. The first-order valence-electron chi connectivity index (χ1n) is 32.7. The third kappa shape index (κ3) is 22.3. The van der Waals surface area contributed by atoms with Crippen LogP contribution in [-0.4, -0.2) is 57.5 Å². The smallest absolute Gasteiger partial charge is 0.174 e. The van der Waals surface area contributed by atoms with E-state index in [0.717, 1.165) is 154 Å². The number of carbonyl (C=O) groups is 1. The second-order valence-corrected chi connectivity index (χ2v) is 27.5. The van der Waals surface area contributed by atoms with Crippen LogP contribution in [0.25, 0.3) is 0 Å². The van der Waals surface area contributed by atoms with Crippen molar-refractivity contribution in [3.63, 3.8) is 0 Å². The molecule has 6 aliphatic heterocycles. The van der Waals surface area contributed by atoms with E-state index in [1.54, 1.807) is 0 Å². The van der Waals surface area contributed by atoms with Crippen LogP contribution in [0.4, 0.5) is 11.4 Å². The number of Topliss-reactive ketones (excluding diaryl/α,β-unsaturated/α-hetero) is 1. The van der Waals surface area contributed by atoms with E-state index in [4.69, 9.17) is 28.4 Å². The van der Waals surface area contributed by atoms with Gasteiger partial charge in [-0.1, -0.05) is 144 Å². The number of hydrogen-bond donors (Lipinski definition) is 2. The van der Waals surface area contributed by atoms with Crippen LogP contribution in [0.1, 0.15) is 165 Å². The summed E-state index contributed by atoms with van der Waals surface area (Å²) in [5, 5.41) is 6.79. The summed E-state index contributed by atoms with van der Waals surface area (Å²) in [6.07, 6.45) is 13.1. The summed E-state index contributed by atoms with van der Waals surface area (Å²) in [5.41, 5.74) is 15.7. The van der Waals surface area contributed by atoms with Gasteiger partial charge in [-0.15, -0.1) is 0 Å².